The van der Waals surface area contributed by atoms with Gasteiger partial charge in [0.05, 0.1) is 16.4 Å². The molecule has 136 valence electrons. The van der Waals surface area contributed by atoms with Gasteiger partial charge in [-0.2, -0.15) is 5.26 Å². The standard InChI is InChI=1S/C22H20N2O3/c1-3-12-27-21-19(18(4-2)16-8-6-5-7-9-16)13-17(14-20(21)24(25)26)22(15-23)10-11-22/h3-9,13-14,18H,1-2,10-12H2. The second-order valence-electron chi connectivity index (χ2n) is 6.59. The SMILES string of the molecule is C=CCOc1c(C(C=C)c2ccccc2)cc(C2(C#N)CC2)cc1[N+](=O)[O-]. The maximum Gasteiger partial charge on any atom is 0.311 e. The summed E-state index contributed by atoms with van der Waals surface area (Å²) in [4.78, 5) is 11.3. The Morgan fingerprint density at radius 2 is 2.00 bits per heavy atom. The van der Waals surface area contributed by atoms with E-state index in [1.165, 1.54) is 6.07 Å². The average molecular weight is 360 g/mol. The van der Waals surface area contributed by atoms with Crippen molar-refractivity contribution in [3.63, 3.8) is 0 Å². The molecule has 1 aliphatic carbocycles. The molecule has 2 aromatic rings. The molecule has 1 fully saturated rings. The number of nitro groups is 1. The number of ether oxygens (including phenoxy) is 1. The lowest BCUT2D eigenvalue weighted by Gasteiger charge is -2.20. The van der Waals surface area contributed by atoms with Crippen LogP contribution in [0.25, 0.3) is 0 Å². The predicted octanol–water partition coefficient (Wildman–Crippen LogP) is 5.03. The Kier molecular flexibility index (Phi) is 5.09. The second-order valence-corrected chi connectivity index (χ2v) is 6.59. The van der Waals surface area contributed by atoms with Gasteiger partial charge in [-0.1, -0.05) is 49.1 Å². The third-order valence-electron chi connectivity index (χ3n) is 4.89. The molecule has 0 saturated heterocycles. The van der Waals surface area contributed by atoms with Gasteiger partial charge >= 0.3 is 5.69 Å². The predicted molar refractivity (Wildman–Crippen MR) is 104 cm³/mol. The van der Waals surface area contributed by atoms with E-state index in [9.17, 15) is 15.4 Å². The first-order valence-electron chi connectivity index (χ1n) is 8.71. The van der Waals surface area contributed by atoms with Crippen molar-refractivity contribution in [1.29, 1.82) is 5.26 Å². The molecule has 0 radical (unpaired) electrons. The Morgan fingerprint density at radius 3 is 2.52 bits per heavy atom. The van der Waals surface area contributed by atoms with Gasteiger partial charge in [0, 0.05) is 17.5 Å². The van der Waals surface area contributed by atoms with Gasteiger partial charge in [-0.15, -0.1) is 6.58 Å². The van der Waals surface area contributed by atoms with Crippen LogP contribution in [-0.2, 0) is 5.41 Å². The summed E-state index contributed by atoms with van der Waals surface area (Å²) in [6.45, 7) is 7.70. The zero-order valence-corrected chi connectivity index (χ0v) is 14.9. The first-order chi connectivity index (χ1) is 13.1. The van der Waals surface area contributed by atoms with Crippen LogP contribution in [0, 0.1) is 21.4 Å². The van der Waals surface area contributed by atoms with Crippen molar-refractivity contribution in [3.05, 3.63) is 94.6 Å². The number of hydrogen-bond acceptors (Lipinski definition) is 4. The number of benzene rings is 2. The molecule has 0 aromatic heterocycles. The normalized spacial score (nSPS) is 15.2. The van der Waals surface area contributed by atoms with Crippen molar-refractivity contribution < 1.29 is 9.66 Å². The van der Waals surface area contributed by atoms with E-state index < -0.39 is 10.3 Å². The molecule has 0 bridgehead atoms. The Hall–Kier alpha value is -3.39. The number of hydrogen-bond donors (Lipinski definition) is 0. The van der Waals surface area contributed by atoms with E-state index in [1.54, 1.807) is 12.2 Å². The molecule has 2 aromatic carbocycles. The Bertz CT molecular complexity index is 925. The van der Waals surface area contributed by atoms with Gasteiger partial charge in [-0.3, -0.25) is 10.1 Å². The molecule has 1 aliphatic rings. The van der Waals surface area contributed by atoms with Gasteiger partial charge in [0.1, 0.15) is 6.61 Å². The number of nitro benzene ring substituents is 1. The third-order valence-corrected chi connectivity index (χ3v) is 4.89. The molecule has 1 atom stereocenters. The van der Waals surface area contributed by atoms with E-state index in [0.29, 0.717) is 24.0 Å². The molecule has 5 nitrogen and oxygen atoms in total. The summed E-state index contributed by atoms with van der Waals surface area (Å²) in [5, 5.41) is 21.3. The first-order valence-corrected chi connectivity index (χ1v) is 8.71. The molecule has 5 heteroatoms. The molecule has 0 heterocycles. The van der Waals surface area contributed by atoms with Crippen LogP contribution in [-0.4, -0.2) is 11.5 Å². The highest BCUT2D eigenvalue weighted by Crippen LogP contribution is 2.51. The summed E-state index contributed by atoms with van der Waals surface area (Å²) >= 11 is 0. The summed E-state index contributed by atoms with van der Waals surface area (Å²) < 4.78 is 5.71. The summed E-state index contributed by atoms with van der Waals surface area (Å²) in [6, 6.07) is 15.3. The van der Waals surface area contributed by atoms with Crippen molar-refractivity contribution in [3.8, 4) is 11.8 Å². The zero-order chi connectivity index (χ0) is 19.4. The molecule has 1 saturated carbocycles. The molecular formula is C22H20N2O3. The summed E-state index contributed by atoms with van der Waals surface area (Å²) in [5.74, 6) is -0.0923. The van der Waals surface area contributed by atoms with Crippen molar-refractivity contribution in [2.75, 3.05) is 6.61 Å². The van der Waals surface area contributed by atoms with E-state index in [-0.39, 0.29) is 24.0 Å². The van der Waals surface area contributed by atoms with E-state index in [0.717, 1.165) is 5.56 Å². The highest BCUT2D eigenvalue weighted by atomic mass is 16.6. The van der Waals surface area contributed by atoms with Crippen LogP contribution in [0.4, 0.5) is 5.69 Å². The maximum absolute atomic E-state index is 11.8. The van der Waals surface area contributed by atoms with Crippen molar-refractivity contribution in [1.82, 2.24) is 0 Å². The van der Waals surface area contributed by atoms with Crippen LogP contribution < -0.4 is 4.74 Å². The molecule has 3 rings (SSSR count). The fraction of sp³-hybridized carbons (Fsp3) is 0.227. The second kappa shape index (κ2) is 7.46. The highest BCUT2D eigenvalue weighted by molar-refractivity contribution is 5.61. The number of nitrogens with zero attached hydrogens (tertiary/aromatic N) is 2. The van der Waals surface area contributed by atoms with Gasteiger partial charge < -0.3 is 4.74 Å². The molecule has 0 amide bonds. The van der Waals surface area contributed by atoms with Crippen LogP contribution in [0.15, 0.2) is 67.8 Å². The average Bonchev–Trinajstić information content (AvgIpc) is 3.49. The summed E-state index contributed by atoms with van der Waals surface area (Å²) in [6.07, 6.45) is 4.70. The van der Waals surface area contributed by atoms with Crippen molar-refractivity contribution >= 4 is 5.69 Å². The van der Waals surface area contributed by atoms with E-state index in [4.69, 9.17) is 4.74 Å². The lowest BCUT2D eigenvalue weighted by atomic mass is 9.86. The quantitative estimate of drug-likeness (QED) is 0.376. The minimum atomic E-state index is -0.640. The fourth-order valence-corrected chi connectivity index (χ4v) is 3.27. The molecule has 0 N–H and O–H groups in total. The third kappa shape index (κ3) is 3.47. The molecule has 27 heavy (non-hydrogen) atoms. The van der Waals surface area contributed by atoms with E-state index in [1.807, 2.05) is 36.4 Å². The van der Waals surface area contributed by atoms with Crippen LogP contribution in [0.1, 0.15) is 35.4 Å². The van der Waals surface area contributed by atoms with Crippen molar-refractivity contribution in [2.24, 2.45) is 0 Å². The molecule has 0 spiro atoms. The zero-order valence-electron chi connectivity index (χ0n) is 14.9. The Morgan fingerprint density at radius 1 is 1.30 bits per heavy atom. The minimum Gasteiger partial charge on any atom is -0.482 e. The number of nitriles is 1. The van der Waals surface area contributed by atoms with Gasteiger partial charge in [-0.05, 0) is 30.0 Å². The number of allylic oxidation sites excluding steroid dienone is 1. The van der Waals surface area contributed by atoms with Gasteiger partial charge in [0.2, 0.25) is 5.75 Å². The minimum absolute atomic E-state index is 0.131. The Balaban J connectivity index is 2.25. The van der Waals surface area contributed by atoms with Crippen LogP contribution in [0.5, 0.6) is 5.75 Å². The monoisotopic (exact) mass is 360 g/mol. The largest absolute Gasteiger partial charge is 0.482 e. The highest BCUT2D eigenvalue weighted by Gasteiger charge is 2.46. The van der Waals surface area contributed by atoms with Gasteiger partial charge in [0.25, 0.3) is 0 Å². The molecule has 1 unspecified atom stereocenters. The lowest BCUT2D eigenvalue weighted by Crippen LogP contribution is -2.10. The molecule has 0 aliphatic heterocycles. The maximum atomic E-state index is 11.8. The number of rotatable bonds is 8. The smallest absolute Gasteiger partial charge is 0.311 e. The molecular weight excluding hydrogens is 340 g/mol. The van der Waals surface area contributed by atoms with Crippen LogP contribution in [0.2, 0.25) is 0 Å². The van der Waals surface area contributed by atoms with Crippen LogP contribution >= 0.6 is 0 Å². The van der Waals surface area contributed by atoms with Crippen molar-refractivity contribution in [2.45, 2.75) is 24.2 Å². The summed E-state index contributed by atoms with van der Waals surface area (Å²) in [7, 11) is 0. The van der Waals surface area contributed by atoms with Gasteiger partial charge in [-0.25, -0.2) is 0 Å². The van der Waals surface area contributed by atoms with Gasteiger partial charge in [0.15, 0.2) is 0 Å². The Labute approximate surface area is 158 Å². The lowest BCUT2D eigenvalue weighted by molar-refractivity contribution is -0.386. The topological polar surface area (TPSA) is 76.2 Å². The van der Waals surface area contributed by atoms with Crippen LogP contribution in [0.3, 0.4) is 0 Å². The van der Waals surface area contributed by atoms with E-state index in [2.05, 4.69) is 19.2 Å². The van der Waals surface area contributed by atoms with E-state index >= 15 is 0 Å². The fourth-order valence-electron chi connectivity index (χ4n) is 3.27. The summed E-state index contributed by atoms with van der Waals surface area (Å²) in [5.41, 5.74) is 1.49. The first kappa shape index (κ1) is 18.4.